The van der Waals surface area contributed by atoms with Gasteiger partial charge in [0.1, 0.15) is 17.9 Å². The van der Waals surface area contributed by atoms with E-state index in [0.717, 1.165) is 24.9 Å². The molecular weight excluding hydrogens is 322 g/mol. The van der Waals surface area contributed by atoms with E-state index in [1.165, 1.54) is 6.33 Å². The van der Waals surface area contributed by atoms with E-state index in [1.807, 2.05) is 13.8 Å². The standard InChI is InChI=1S/C17H23N5O3/c1-16(2)24-12-10(5-17(13(12)25-16)3-9(4-17)6-23)22-8-21-11-14(18)19-7-20-15(11)22/h7-10,12-13,23H,3-6H2,1-2H3,(H2,18,19,20)/t9?,10-,12+,13+,17?/m1/s1. The molecule has 134 valence electrons. The van der Waals surface area contributed by atoms with E-state index < -0.39 is 5.79 Å². The van der Waals surface area contributed by atoms with Crippen molar-refractivity contribution in [1.82, 2.24) is 19.5 Å². The van der Waals surface area contributed by atoms with Crippen LogP contribution in [0.25, 0.3) is 11.2 Å². The van der Waals surface area contributed by atoms with Crippen LogP contribution >= 0.6 is 0 Å². The Balaban J connectivity index is 1.56. The maximum absolute atomic E-state index is 9.48. The fourth-order valence-corrected chi connectivity index (χ4v) is 5.18. The lowest BCUT2D eigenvalue weighted by atomic mass is 9.60. The zero-order valence-corrected chi connectivity index (χ0v) is 14.4. The molecule has 0 radical (unpaired) electrons. The van der Waals surface area contributed by atoms with Gasteiger partial charge in [0.25, 0.3) is 0 Å². The maximum atomic E-state index is 9.48. The Bertz CT molecular complexity index is 829. The van der Waals surface area contributed by atoms with Gasteiger partial charge in [0.05, 0.1) is 18.5 Å². The first kappa shape index (κ1) is 15.5. The largest absolute Gasteiger partial charge is 0.396 e. The molecule has 2 aromatic heterocycles. The van der Waals surface area contributed by atoms with E-state index in [4.69, 9.17) is 15.2 Å². The van der Waals surface area contributed by atoms with Gasteiger partial charge in [-0.3, -0.25) is 0 Å². The van der Waals surface area contributed by atoms with E-state index in [9.17, 15) is 5.11 Å². The minimum Gasteiger partial charge on any atom is -0.396 e. The highest BCUT2D eigenvalue weighted by Gasteiger charge is 2.65. The Morgan fingerprint density at radius 1 is 1.24 bits per heavy atom. The third-order valence-corrected chi connectivity index (χ3v) is 6.12. The summed E-state index contributed by atoms with van der Waals surface area (Å²) in [5, 5.41) is 9.48. The summed E-state index contributed by atoms with van der Waals surface area (Å²) in [5.41, 5.74) is 7.36. The topological polar surface area (TPSA) is 108 Å². The molecule has 3 N–H and O–H groups in total. The first-order chi connectivity index (χ1) is 11.9. The molecule has 0 aromatic carbocycles. The maximum Gasteiger partial charge on any atom is 0.165 e. The smallest absolute Gasteiger partial charge is 0.165 e. The van der Waals surface area contributed by atoms with Gasteiger partial charge in [-0.05, 0) is 39.0 Å². The van der Waals surface area contributed by atoms with Crippen molar-refractivity contribution in [3.63, 3.8) is 0 Å². The molecule has 1 saturated heterocycles. The number of anilines is 1. The number of aromatic nitrogens is 4. The number of imidazole rings is 1. The van der Waals surface area contributed by atoms with Crippen LogP contribution in [0.1, 0.15) is 39.2 Å². The van der Waals surface area contributed by atoms with Gasteiger partial charge in [0, 0.05) is 12.0 Å². The van der Waals surface area contributed by atoms with Gasteiger partial charge in [-0.15, -0.1) is 0 Å². The lowest BCUT2D eigenvalue weighted by Crippen LogP contribution is -2.47. The van der Waals surface area contributed by atoms with Gasteiger partial charge in [0.2, 0.25) is 0 Å². The molecule has 2 aliphatic carbocycles. The number of nitrogens with zero attached hydrogens (tertiary/aromatic N) is 4. The summed E-state index contributed by atoms with van der Waals surface area (Å²) in [6.07, 6.45) is 6.13. The third kappa shape index (κ3) is 2.07. The molecule has 2 saturated carbocycles. The molecule has 3 atom stereocenters. The van der Waals surface area contributed by atoms with Crippen LogP contribution in [0.2, 0.25) is 0 Å². The van der Waals surface area contributed by atoms with Gasteiger partial charge >= 0.3 is 0 Å². The van der Waals surface area contributed by atoms with E-state index in [2.05, 4.69) is 19.5 Å². The first-order valence-corrected chi connectivity index (χ1v) is 8.82. The van der Waals surface area contributed by atoms with Crippen molar-refractivity contribution >= 4 is 17.0 Å². The molecule has 0 amide bonds. The Hall–Kier alpha value is -1.77. The van der Waals surface area contributed by atoms with Crippen LogP contribution in [0.3, 0.4) is 0 Å². The van der Waals surface area contributed by atoms with Crippen LogP contribution in [-0.4, -0.2) is 49.2 Å². The van der Waals surface area contributed by atoms with Crippen LogP contribution < -0.4 is 5.73 Å². The highest BCUT2D eigenvalue weighted by Crippen LogP contribution is 2.63. The summed E-state index contributed by atoms with van der Waals surface area (Å²) in [7, 11) is 0. The predicted octanol–water partition coefficient (Wildman–Crippen LogP) is 1.26. The monoisotopic (exact) mass is 345 g/mol. The molecule has 3 aliphatic rings. The van der Waals surface area contributed by atoms with Gasteiger partial charge in [-0.25, -0.2) is 15.0 Å². The first-order valence-electron chi connectivity index (χ1n) is 8.82. The van der Waals surface area contributed by atoms with Crippen molar-refractivity contribution in [2.45, 2.75) is 57.1 Å². The van der Waals surface area contributed by atoms with Crippen molar-refractivity contribution in [2.24, 2.45) is 11.3 Å². The SMILES string of the molecule is CC1(C)O[C@H]2[C@H](n3cnc4c(N)ncnc43)CC3(CC(CO)C3)[C@H]2O1. The molecule has 8 nitrogen and oxygen atoms in total. The summed E-state index contributed by atoms with van der Waals surface area (Å²) >= 11 is 0. The van der Waals surface area contributed by atoms with Crippen LogP contribution in [0, 0.1) is 11.3 Å². The van der Waals surface area contributed by atoms with E-state index >= 15 is 0 Å². The van der Waals surface area contributed by atoms with Crippen molar-refractivity contribution in [3.05, 3.63) is 12.7 Å². The van der Waals surface area contributed by atoms with Crippen LogP contribution in [0.5, 0.6) is 0 Å². The lowest BCUT2D eigenvalue weighted by Gasteiger charge is -2.48. The number of rotatable bonds is 2. The van der Waals surface area contributed by atoms with Crippen LogP contribution in [-0.2, 0) is 9.47 Å². The average molecular weight is 345 g/mol. The van der Waals surface area contributed by atoms with Crippen LogP contribution in [0.15, 0.2) is 12.7 Å². The Kier molecular flexibility index (Phi) is 3.03. The second kappa shape index (κ2) is 4.90. The number of aliphatic hydroxyl groups excluding tert-OH is 1. The molecule has 3 fully saturated rings. The zero-order chi connectivity index (χ0) is 17.4. The number of hydrogen-bond donors (Lipinski definition) is 2. The summed E-state index contributed by atoms with van der Waals surface area (Å²) < 4.78 is 14.6. The highest BCUT2D eigenvalue weighted by atomic mass is 16.8. The number of nitrogens with two attached hydrogens (primary N) is 1. The minimum atomic E-state index is -0.601. The van der Waals surface area contributed by atoms with Crippen molar-refractivity contribution in [1.29, 1.82) is 0 Å². The number of hydrogen-bond acceptors (Lipinski definition) is 7. The Morgan fingerprint density at radius 2 is 2.04 bits per heavy atom. The quantitative estimate of drug-likeness (QED) is 0.843. The fourth-order valence-electron chi connectivity index (χ4n) is 5.18. The number of aliphatic hydroxyl groups is 1. The van der Waals surface area contributed by atoms with E-state index in [0.29, 0.717) is 17.3 Å². The molecule has 1 aliphatic heterocycles. The summed E-state index contributed by atoms with van der Waals surface area (Å²) in [5.74, 6) is 0.153. The second-order valence-corrected chi connectivity index (χ2v) is 8.19. The molecule has 0 unspecified atom stereocenters. The van der Waals surface area contributed by atoms with Crippen molar-refractivity contribution in [2.75, 3.05) is 12.3 Å². The number of nitrogen functional groups attached to an aromatic ring is 1. The van der Waals surface area contributed by atoms with Gasteiger partial charge in [-0.2, -0.15) is 0 Å². The predicted molar refractivity (Wildman–Crippen MR) is 89.5 cm³/mol. The molecule has 0 bridgehead atoms. The molecule has 1 spiro atoms. The third-order valence-electron chi connectivity index (χ3n) is 6.12. The van der Waals surface area contributed by atoms with Gasteiger partial charge in [-0.1, -0.05) is 0 Å². The van der Waals surface area contributed by atoms with Gasteiger partial charge < -0.3 is 24.9 Å². The van der Waals surface area contributed by atoms with Crippen LogP contribution in [0.4, 0.5) is 5.82 Å². The Morgan fingerprint density at radius 3 is 2.80 bits per heavy atom. The normalized spacial score (nSPS) is 39.0. The Labute approximate surface area is 145 Å². The second-order valence-electron chi connectivity index (χ2n) is 8.19. The lowest BCUT2D eigenvalue weighted by molar-refractivity contribution is -0.183. The molecule has 2 aromatic rings. The summed E-state index contributed by atoms with van der Waals surface area (Å²) in [6.45, 7) is 4.17. The highest BCUT2D eigenvalue weighted by molar-refractivity contribution is 5.81. The molecular formula is C17H23N5O3. The van der Waals surface area contributed by atoms with Gasteiger partial charge in [0.15, 0.2) is 17.3 Å². The van der Waals surface area contributed by atoms with E-state index in [1.54, 1.807) is 6.33 Å². The average Bonchev–Trinajstić information content (AvgIpc) is 3.16. The molecule has 25 heavy (non-hydrogen) atoms. The fraction of sp³-hybridized carbons (Fsp3) is 0.706. The number of ether oxygens (including phenoxy) is 2. The zero-order valence-electron chi connectivity index (χ0n) is 14.4. The summed E-state index contributed by atoms with van der Waals surface area (Å²) in [4.78, 5) is 12.8. The molecule has 8 heteroatoms. The number of fused-ring (bicyclic) bond motifs is 3. The van der Waals surface area contributed by atoms with Crippen molar-refractivity contribution in [3.8, 4) is 0 Å². The molecule has 5 rings (SSSR count). The van der Waals surface area contributed by atoms with E-state index in [-0.39, 0.29) is 30.3 Å². The minimum absolute atomic E-state index is 0.0342. The van der Waals surface area contributed by atoms with Crippen molar-refractivity contribution < 1.29 is 14.6 Å². The molecule has 3 heterocycles. The summed E-state index contributed by atoms with van der Waals surface area (Å²) in [6, 6.07) is 0.0886.